The Morgan fingerprint density at radius 2 is 2.07 bits per heavy atom. The van der Waals surface area contributed by atoms with Crippen molar-refractivity contribution in [1.29, 1.82) is 0 Å². The molecular formula is C18H20F3N5O2. The van der Waals surface area contributed by atoms with Gasteiger partial charge in [0.25, 0.3) is 0 Å². The van der Waals surface area contributed by atoms with Gasteiger partial charge in [-0.25, -0.2) is 14.3 Å². The lowest BCUT2D eigenvalue weighted by atomic mass is 10.1. The number of urea groups is 1. The summed E-state index contributed by atoms with van der Waals surface area (Å²) in [5.74, 6) is 0.203. The molecule has 2 amide bonds. The first-order chi connectivity index (χ1) is 13.3. The molecule has 7 nitrogen and oxygen atoms in total. The van der Waals surface area contributed by atoms with Gasteiger partial charge in [0.05, 0.1) is 12.1 Å². The monoisotopic (exact) mass is 395 g/mol. The molecule has 1 aromatic heterocycles. The predicted octanol–water partition coefficient (Wildman–Crippen LogP) is 2.55. The largest absolute Gasteiger partial charge is 0.416 e. The Labute approximate surface area is 158 Å². The van der Waals surface area contributed by atoms with Gasteiger partial charge in [0.1, 0.15) is 0 Å². The number of hydrogen-bond donors (Lipinski definition) is 2. The standard InChI is InChI=1S/C18H20F3N5O2/c1-2-8-22-16(27)23-9-10-25-17(28)26(14-6-7-14)15(24-25)12-4-3-5-13(11-12)18(19,20)21/h2-5,11,14H,1,6-10H2,(H2,22,23,27). The van der Waals surface area contributed by atoms with Crippen LogP contribution >= 0.6 is 0 Å². The van der Waals surface area contributed by atoms with Crippen LogP contribution < -0.4 is 16.3 Å². The van der Waals surface area contributed by atoms with Gasteiger partial charge in [-0.1, -0.05) is 18.2 Å². The number of amides is 2. The summed E-state index contributed by atoms with van der Waals surface area (Å²) in [6.07, 6.45) is -1.39. The summed E-state index contributed by atoms with van der Waals surface area (Å²) in [7, 11) is 0. The van der Waals surface area contributed by atoms with Crippen molar-refractivity contribution >= 4 is 6.03 Å². The molecule has 0 saturated heterocycles. The van der Waals surface area contributed by atoms with Crippen LogP contribution in [0.3, 0.4) is 0 Å². The van der Waals surface area contributed by atoms with Crippen LogP contribution in [0.15, 0.2) is 41.7 Å². The van der Waals surface area contributed by atoms with Crippen molar-refractivity contribution in [2.45, 2.75) is 31.6 Å². The summed E-state index contributed by atoms with van der Waals surface area (Å²) in [5.41, 5.74) is -0.965. The molecule has 3 rings (SSSR count). The molecule has 0 bridgehead atoms. The SMILES string of the molecule is C=CCNC(=O)NCCn1nc(-c2cccc(C(F)(F)F)c2)n(C2CC2)c1=O. The lowest BCUT2D eigenvalue weighted by Crippen LogP contribution is -2.38. The van der Waals surface area contributed by atoms with Gasteiger partial charge < -0.3 is 10.6 Å². The first-order valence-electron chi connectivity index (χ1n) is 8.81. The van der Waals surface area contributed by atoms with Gasteiger partial charge in [0.15, 0.2) is 5.82 Å². The van der Waals surface area contributed by atoms with Gasteiger partial charge in [0, 0.05) is 24.7 Å². The van der Waals surface area contributed by atoms with Crippen LogP contribution in [0.2, 0.25) is 0 Å². The van der Waals surface area contributed by atoms with Crippen molar-refractivity contribution in [2.24, 2.45) is 0 Å². The van der Waals surface area contributed by atoms with Crippen LogP contribution in [0.5, 0.6) is 0 Å². The Hall–Kier alpha value is -3.04. The van der Waals surface area contributed by atoms with E-state index >= 15 is 0 Å². The topological polar surface area (TPSA) is 81.0 Å². The van der Waals surface area contributed by atoms with Crippen LogP contribution in [-0.4, -0.2) is 33.5 Å². The van der Waals surface area contributed by atoms with Crippen molar-refractivity contribution in [3.63, 3.8) is 0 Å². The maximum absolute atomic E-state index is 13.0. The van der Waals surface area contributed by atoms with Gasteiger partial charge >= 0.3 is 17.9 Å². The molecule has 150 valence electrons. The molecule has 2 N–H and O–H groups in total. The number of rotatable bonds is 7. The molecule has 0 radical (unpaired) electrons. The predicted molar refractivity (Wildman–Crippen MR) is 96.8 cm³/mol. The number of nitrogens with one attached hydrogen (secondary N) is 2. The van der Waals surface area contributed by atoms with E-state index in [0.29, 0.717) is 6.54 Å². The molecule has 1 aliphatic rings. The Morgan fingerprint density at radius 3 is 2.71 bits per heavy atom. The van der Waals surface area contributed by atoms with Crippen molar-refractivity contribution in [3.8, 4) is 11.4 Å². The highest BCUT2D eigenvalue weighted by Crippen LogP contribution is 2.37. The normalized spacial score (nSPS) is 14.0. The third-order valence-corrected chi connectivity index (χ3v) is 4.25. The van der Waals surface area contributed by atoms with E-state index in [9.17, 15) is 22.8 Å². The van der Waals surface area contributed by atoms with E-state index in [0.717, 1.165) is 25.0 Å². The number of alkyl halides is 3. The average Bonchev–Trinajstić information content (AvgIpc) is 3.44. The highest BCUT2D eigenvalue weighted by atomic mass is 19.4. The summed E-state index contributed by atoms with van der Waals surface area (Å²) in [6, 6.07) is 4.30. The smallest absolute Gasteiger partial charge is 0.336 e. The zero-order valence-electron chi connectivity index (χ0n) is 15.0. The molecule has 1 heterocycles. The molecule has 0 aliphatic heterocycles. The van der Waals surface area contributed by atoms with Crippen molar-refractivity contribution in [1.82, 2.24) is 25.0 Å². The minimum Gasteiger partial charge on any atom is -0.336 e. The Morgan fingerprint density at radius 1 is 1.32 bits per heavy atom. The number of carbonyl (C=O) groups is 1. The zero-order valence-corrected chi connectivity index (χ0v) is 15.0. The minimum atomic E-state index is -4.48. The van der Waals surface area contributed by atoms with Gasteiger partial charge in [-0.3, -0.25) is 4.57 Å². The van der Waals surface area contributed by atoms with Gasteiger partial charge in [-0.15, -0.1) is 11.7 Å². The fourth-order valence-corrected chi connectivity index (χ4v) is 2.76. The molecular weight excluding hydrogens is 375 g/mol. The van der Waals surface area contributed by atoms with E-state index in [-0.39, 0.29) is 30.5 Å². The molecule has 10 heteroatoms. The molecule has 2 aromatic rings. The van der Waals surface area contributed by atoms with E-state index in [1.165, 1.54) is 27.5 Å². The summed E-state index contributed by atoms with van der Waals surface area (Å²) >= 11 is 0. The van der Waals surface area contributed by atoms with Gasteiger partial charge in [-0.2, -0.15) is 13.2 Å². The van der Waals surface area contributed by atoms with Crippen LogP contribution in [-0.2, 0) is 12.7 Å². The lowest BCUT2D eigenvalue weighted by Gasteiger charge is -2.09. The fourth-order valence-electron chi connectivity index (χ4n) is 2.76. The zero-order chi connectivity index (χ0) is 20.3. The van der Waals surface area contributed by atoms with Crippen LogP contribution in [0.4, 0.5) is 18.0 Å². The number of carbonyl (C=O) groups excluding carboxylic acids is 1. The fraction of sp³-hybridized carbons (Fsp3) is 0.389. The van der Waals surface area contributed by atoms with Gasteiger partial charge in [0.2, 0.25) is 0 Å². The maximum Gasteiger partial charge on any atom is 0.416 e. The van der Waals surface area contributed by atoms with E-state index in [1.54, 1.807) is 0 Å². The van der Waals surface area contributed by atoms with E-state index in [2.05, 4.69) is 22.3 Å². The van der Waals surface area contributed by atoms with Crippen molar-refractivity contribution in [3.05, 3.63) is 53.0 Å². The number of nitrogens with zero attached hydrogens (tertiary/aromatic N) is 3. The molecule has 1 saturated carbocycles. The molecule has 1 aromatic carbocycles. The molecule has 0 atom stereocenters. The molecule has 28 heavy (non-hydrogen) atoms. The van der Waals surface area contributed by atoms with Crippen LogP contribution in [0, 0.1) is 0 Å². The first-order valence-corrected chi connectivity index (χ1v) is 8.81. The average molecular weight is 395 g/mol. The summed E-state index contributed by atoms with van der Waals surface area (Å²) in [6.45, 7) is 4.04. The third-order valence-electron chi connectivity index (χ3n) is 4.25. The Kier molecular flexibility index (Phi) is 5.57. The summed E-state index contributed by atoms with van der Waals surface area (Å²) in [5, 5.41) is 9.35. The number of hydrogen-bond acceptors (Lipinski definition) is 3. The lowest BCUT2D eigenvalue weighted by molar-refractivity contribution is -0.137. The first kappa shape index (κ1) is 19.7. The number of halogens is 3. The minimum absolute atomic E-state index is 0.0605. The van der Waals surface area contributed by atoms with E-state index in [4.69, 9.17) is 0 Å². The van der Waals surface area contributed by atoms with Crippen LogP contribution in [0.25, 0.3) is 11.4 Å². The second-order valence-corrected chi connectivity index (χ2v) is 6.43. The molecule has 0 spiro atoms. The van der Waals surface area contributed by atoms with Crippen molar-refractivity contribution < 1.29 is 18.0 Å². The summed E-state index contributed by atoms with van der Waals surface area (Å²) in [4.78, 5) is 24.2. The van der Waals surface area contributed by atoms with E-state index in [1.807, 2.05) is 0 Å². The number of benzene rings is 1. The highest BCUT2D eigenvalue weighted by Gasteiger charge is 2.33. The van der Waals surface area contributed by atoms with Gasteiger partial charge in [-0.05, 0) is 25.0 Å². The molecule has 1 fully saturated rings. The summed E-state index contributed by atoms with van der Waals surface area (Å²) < 4.78 is 41.7. The van der Waals surface area contributed by atoms with Crippen molar-refractivity contribution in [2.75, 3.05) is 13.1 Å². The number of aromatic nitrogens is 3. The molecule has 1 aliphatic carbocycles. The molecule has 0 unspecified atom stereocenters. The highest BCUT2D eigenvalue weighted by molar-refractivity contribution is 5.73. The second kappa shape index (κ2) is 7.91. The quantitative estimate of drug-likeness (QED) is 0.707. The second-order valence-electron chi connectivity index (χ2n) is 6.43. The Balaban J connectivity index is 1.83. The van der Waals surface area contributed by atoms with Crippen LogP contribution in [0.1, 0.15) is 24.4 Å². The van der Waals surface area contributed by atoms with E-state index < -0.39 is 23.5 Å². The Bertz CT molecular complexity index is 928. The third kappa shape index (κ3) is 4.44. The maximum atomic E-state index is 13.0.